The summed E-state index contributed by atoms with van der Waals surface area (Å²) >= 11 is 0. The molecule has 1 aliphatic rings. The number of sulfone groups is 1. The molecule has 1 atom stereocenters. The molecule has 1 heterocycles. The molecule has 2 rings (SSSR count). The fourth-order valence-electron chi connectivity index (χ4n) is 2.37. The molecule has 1 aliphatic heterocycles. The number of carbonyl (C=O) groups is 2. The normalized spacial score (nSPS) is 14.6. The highest BCUT2D eigenvalue weighted by atomic mass is 32.2. The van der Waals surface area contributed by atoms with Crippen molar-refractivity contribution in [3.05, 3.63) is 18.2 Å². The number of carboxylic acids is 1. The van der Waals surface area contributed by atoms with E-state index in [0.29, 0.717) is 31.1 Å². The van der Waals surface area contributed by atoms with E-state index in [0.717, 1.165) is 0 Å². The van der Waals surface area contributed by atoms with Crippen molar-refractivity contribution in [1.82, 2.24) is 5.32 Å². The smallest absolute Gasteiger partial charge is 0.326 e. The Balaban J connectivity index is 1.99. The average molecular weight is 371 g/mol. The molecule has 0 saturated heterocycles. The molecule has 138 valence electrons. The van der Waals surface area contributed by atoms with Crippen LogP contribution >= 0.6 is 0 Å². The average Bonchev–Trinajstić information content (AvgIpc) is 2.59. The molecule has 1 aromatic rings. The van der Waals surface area contributed by atoms with Gasteiger partial charge in [0.2, 0.25) is 5.91 Å². The molecular weight excluding hydrogens is 350 g/mol. The number of nitrogens with one attached hydrogen (secondary N) is 1. The molecule has 9 heteroatoms. The second kappa shape index (κ2) is 8.19. The summed E-state index contributed by atoms with van der Waals surface area (Å²) in [5, 5.41) is 11.4. The molecule has 0 bridgehead atoms. The Kier molecular flexibility index (Phi) is 6.24. The minimum atomic E-state index is -3.70. The maximum atomic E-state index is 12.4. The van der Waals surface area contributed by atoms with Crippen LogP contribution in [0.2, 0.25) is 0 Å². The molecule has 1 unspecified atom stereocenters. The van der Waals surface area contributed by atoms with Gasteiger partial charge in [-0.15, -0.1) is 0 Å². The highest BCUT2D eigenvalue weighted by Gasteiger charge is 2.23. The lowest BCUT2D eigenvalue weighted by Gasteiger charge is -2.19. The van der Waals surface area contributed by atoms with Crippen molar-refractivity contribution in [3.63, 3.8) is 0 Å². The van der Waals surface area contributed by atoms with E-state index in [9.17, 15) is 18.0 Å². The van der Waals surface area contributed by atoms with Crippen LogP contribution in [0.15, 0.2) is 23.1 Å². The number of benzene rings is 1. The molecule has 0 radical (unpaired) electrons. The van der Waals surface area contributed by atoms with Gasteiger partial charge in [0.15, 0.2) is 21.3 Å². The Morgan fingerprint density at radius 2 is 1.92 bits per heavy atom. The Bertz CT molecular complexity index is 745. The topological polar surface area (TPSA) is 119 Å². The van der Waals surface area contributed by atoms with Crippen LogP contribution in [0.4, 0.5) is 0 Å². The lowest BCUT2D eigenvalue weighted by Crippen LogP contribution is -2.41. The minimum Gasteiger partial charge on any atom is -0.486 e. The van der Waals surface area contributed by atoms with E-state index in [4.69, 9.17) is 14.6 Å². The highest BCUT2D eigenvalue weighted by Crippen LogP contribution is 2.32. The molecule has 0 aromatic heterocycles. The van der Waals surface area contributed by atoms with Gasteiger partial charge in [-0.1, -0.05) is 13.3 Å². The van der Waals surface area contributed by atoms with E-state index in [2.05, 4.69) is 5.32 Å². The van der Waals surface area contributed by atoms with Gasteiger partial charge in [-0.3, -0.25) is 4.79 Å². The maximum absolute atomic E-state index is 12.4. The molecule has 0 spiro atoms. The summed E-state index contributed by atoms with van der Waals surface area (Å²) in [7, 11) is -3.70. The van der Waals surface area contributed by atoms with Crippen LogP contribution in [0.25, 0.3) is 0 Å². The number of hydrogen-bond donors (Lipinski definition) is 2. The first-order valence-electron chi connectivity index (χ1n) is 7.98. The fraction of sp³-hybridized carbons (Fsp3) is 0.500. The molecule has 8 nitrogen and oxygen atoms in total. The number of fused-ring (bicyclic) bond motifs is 1. The van der Waals surface area contributed by atoms with Gasteiger partial charge in [0.05, 0.1) is 10.6 Å². The van der Waals surface area contributed by atoms with Crippen molar-refractivity contribution in [3.8, 4) is 11.5 Å². The number of rotatable bonds is 8. The van der Waals surface area contributed by atoms with Crippen LogP contribution in [0.3, 0.4) is 0 Å². The lowest BCUT2D eigenvalue weighted by molar-refractivity contribution is -0.142. The third-order valence-corrected chi connectivity index (χ3v) is 5.40. The summed E-state index contributed by atoms with van der Waals surface area (Å²) in [4.78, 5) is 22.9. The van der Waals surface area contributed by atoms with Crippen LogP contribution in [0.5, 0.6) is 11.5 Å². The summed E-state index contributed by atoms with van der Waals surface area (Å²) in [6, 6.07) is 3.29. The number of ether oxygens (including phenoxy) is 2. The molecule has 0 fully saturated rings. The molecule has 0 aliphatic carbocycles. The van der Waals surface area contributed by atoms with Gasteiger partial charge >= 0.3 is 5.97 Å². The second-order valence-electron chi connectivity index (χ2n) is 5.62. The van der Waals surface area contributed by atoms with Crippen molar-refractivity contribution in [1.29, 1.82) is 0 Å². The van der Waals surface area contributed by atoms with Crippen LogP contribution < -0.4 is 14.8 Å². The molecular formula is C16H21NO7S. The number of aliphatic carboxylic acids is 1. The van der Waals surface area contributed by atoms with Crippen molar-refractivity contribution >= 4 is 21.7 Å². The molecule has 0 saturated carbocycles. The monoisotopic (exact) mass is 371 g/mol. The maximum Gasteiger partial charge on any atom is 0.326 e. The van der Waals surface area contributed by atoms with Gasteiger partial charge in [-0.25, -0.2) is 13.2 Å². The van der Waals surface area contributed by atoms with E-state index in [1.165, 1.54) is 18.2 Å². The quantitative estimate of drug-likeness (QED) is 0.699. The first-order valence-corrected chi connectivity index (χ1v) is 9.63. The fourth-order valence-corrected chi connectivity index (χ4v) is 3.63. The first kappa shape index (κ1) is 19.0. The number of carbonyl (C=O) groups excluding carboxylic acids is 1. The Hall–Kier alpha value is -2.29. The van der Waals surface area contributed by atoms with Crippen molar-refractivity contribution < 1.29 is 32.6 Å². The second-order valence-corrected chi connectivity index (χ2v) is 7.73. The Morgan fingerprint density at radius 1 is 1.24 bits per heavy atom. The summed E-state index contributed by atoms with van der Waals surface area (Å²) in [5.41, 5.74) is 0. The Morgan fingerprint density at radius 3 is 2.56 bits per heavy atom. The van der Waals surface area contributed by atoms with Crippen LogP contribution in [0, 0.1) is 0 Å². The van der Waals surface area contributed by atoms with Gasteiger partial charge in [0.25, 0.3) is 0 Å². The van der Waals surface area contributed by atoms with E-state index in [-0.39, 0.29) is 17.7 Å². The van der Waals surface area contributed by atoms with Gasteiger partial charge in [0.1, 0.15) is 19.3 Å². The molecule has 2 N–H and O–H groups in total. The van der Waals surface area contributed by atoms with E-state index in [1.807, 2.05) is 0 Å². The third-order valence-electron chi connectivity index (χ3n) is 3.68. The van der Waals surface area contributed by atoms with Crippen molar-refractivity contribution in [2.45, 2.75) is 37.1 Å². The third kappa shape index (κ3) is 5.09. The van der Waals surface area contributed by atoms with Gasteiger partial charge in [0, 0.05) is 12.5 Å². The lowest BCUT2D eigenvalue weighted by atomic mass is 10.1. The van der Waals surface area contributed by atoms with E-state index < -0.39 is 33.5 Å². The minimum absolute atomic E-state index is 0.0351. The number of hydrogen-bond acceptors (Lipinski definition) is 6. The van der Waals surface area contributed by atoms with Gasteiger partial charge < -0.3 is 19.9 Å². The van der Waals surface area contributed by atoms with E-state index >= 15 is 0 Å². The summed E-state index contributed by atoms with van der Waals surface area (Å²) < 4.78 is 35.4. The Labute approximate surface area is 146 Å². The van der Waals surface area contributed by atoms with Crippen LogP contribution in [-0.4, -0.2) is 50.4 Å². The summed E-state index contributed by atoms with van der Waals surface area (Å²) in [5.74, 6) is -1.33. The predicted molar refractivity (Wildman–Crippen MR) is 88.6 cm³/mol. The number of carboxylic acid groups (broad SMARTS) is 1. The summed E-state index contributed by atoms with van der Waals surface area (Å²) in [6.45, 7) is 2.54. The summed E-state index contributed by atoms with van der Waals surface area (Å²) in [6.07, 6.45) is 0.562. The van der Waals surface area contributed by atoms with Crippen molar-refractivity contribution in [2.75, 3.05) is 19.0 Å². The largest absolute Gasteiger partial charge is 0.486 e. The van der Waals surface area contributed by atoms with Gasteiger partial charge in [-0.05, 0) is 18.6 Å². The van der Waals surface area contributed by atoms with Crippen LogP contribution in [-0.2, 0) is 19.4 Å². The first-order chi connectivity index (χ1) is 11.8. The standard InChI is InChI=1S/C16H21NO7S/c1-2-3-12(16(19)20)17-15(18)6-9-25(21,22)11-4-5-13-14(10-11)24-8-7-23-13/h4-5,10,12H,2-3,6-9H2,1H3,(H,17,18)(H,19,20). The SMILES string of the molecule is CCCC(NC(=O)CCS(=O)(=O)c1ccc2c(c1)OCCO2)C(=O)O. The zero-order chi connectivity index (χ0) is 18.4. The van der Waals surface area contributed by atoms with E-state index in [1.54, 1.807) is 6.92 Å². The van der Waals surface area contributed by atoms with Gasteiger partial charge in [-0.2, -0.15) is 0 Å². The highest BCUT2D eigenvalue weighted by molar-refractivity contribution is 7.91. The zero-order valence-corrected chi connectivity index (χ0v) is 14.7. The molecule has 1 amide bonds. The molecule has 1 aromatic carbocycles. The zero-order valence-electron chi connectivity index (χ0n) is 13.9. The van der Waals surface area contributed by atoms with Crippen molar-refractivity contribution in [2.24, 2.45) is 0 Å². The van der Waals surface area contributed by atoms with Crippen LogP contribution in [0.1, 0.15) is 26.2 Å². The molecule has 25 heavy (non-hydrogen) atoms. The predicted octanol–water partition coefficient (Wildman–Crippen LogP) is 0.991. The number of amides is 1.